The maximum Gasteiger partial charge on any atom is 0.0431 e. The molecule has 0 aliphatic carbocycles. The Hall–Kier alpha value is 0.394. The molecule has 0 fully saturated rings. The van der Waals surface area contributed by atoms with Crippen LogP contribution in [0.4, 0.5) is 0 Å². The number of hydrogen-bond acceptors (Lipinski definition) is 8. The fourth-order valence-corrected chi connectivity index (χ4v) is 0.894. The summed E-state index contributed by atoms with van der Waals surface area (Å²) in [7, 11) is 0. The Morgan fingerprint density at radius 3 is 0.360 bits per heavy atom. The van der Waals surface area contributed by atoms with E-state index in [4.69, 9.17) is 40.9 Å². The van der Waals surface area contributed by atoms with Crippen LogP contribution in [0.2, 0.25) is 0 Å². The summed E-state index contributed by atoms with van der Waals surface area (Å²) in [5, 5.41) is 64.7. The van der Waals surface area contributed by atoms with E-state index < -0.39 is 0 Å². The smallest absolute Gasteiger partial charge is 0.0431 e. The third-order valence-corrected chi connectivity index (χ3v) is 2.26. The molecule has 0 unspecified atom stereocenters. The Kier molecular flexibility index (Phi) is 72.2. The first-order valence-corrected chi connectivity index (χ1v) is 8.53. The summed E-state index contributed by atoms with van der Waals surface area (Å²) >= 11 is 0. The van der Waals surface area contributed by atoms with Crippen LogP contribution in [0.15, 0.2) is 0 Å². The topological polar surface area (TPSA) is 162 Å². The maximum atomic E-state index is 8.09. The van der Waals surface area contributed by atoms with Gasteiger partial charge in [-0.1, -0.05) is 0 Å². The van der Waals surface area contributed by atoms with Gasteiger partial charge in [-0.15, -0.1) is 0 Å². The van der Waals surface area contributed by atoms with Gasteiger partial charge in [0, 0.05) is 74.6 Å². The van der Waals surface area contributed by atoms with Gasteiger partial charge in [-0.2, -0.15) is 0 Å². The van der Waals surface area contributed by atoms with Gasteiger partial charge in [-0.3, -0.25) is 0 Å². The Bertz CT molecular complexity index is 108. The molecular weight excluding hydrogens is 368 g/mol. The minimum Gasteiger partial charge on any atom is -0.396 e. The van der Waals surface area contributed by atoms with E-state index in [-0.39, 0.29) is 74.6 Å². The van der Waals surface area contributed by atoms with Gasteiger partial charge in [-0.25, -0.2) is 0 Å². The predicted molar refractivity (Wildman–Crippen MR) is 93.6 cm³/mol. The molecule has 0 saturated heterocycles. The Balaban J connectivity index is -0.0000000702. The Morgan fingerprint density at radius 2 is 0.320 bits per heavy atom. The molecule has 0 aromatic heterocycles. The molecule has 0 atom stereocenters. The molecule has 0 aliphatic rings. The van der Waals surface area contributed by atoms with Crippen LogP contribution in [0.25, 0.3) is 0 Å². The van der Waals surface area contributed by atoms with Gasteiger partial charge in [0.05, 0.1) is 0 Å². The van der Waals surface area contributed by atoms with Crippen LogP contribution in [0.3, 0.4) is 0 Å². The Labute approximate surface area is 167 Å². The normalized spacial score (nSPS) is 8.64. The second kappa shape index (κ2) is 49.7. The minimum atomic E-state index is 0. The van der Waals surface area contributed by atoms with Crippen molar-refractivity contribution in [3.63, 3.8) is 0 Å². The van der Waals surface area contributed by atoms with Crippen molar-refractivity contribution in [2.45, 2.75) is 51.4 Å². The molecule has 0 bridgehead atoms. The number of aliphatic hydroxyl groups excluding tert-OH is 8. The van der Waals surface area contributed by atoms with Crippen molar-refractivity contribution in [3.8, 4) is 0 Å². The molecule has 0 radical (unpaired) electrons. The molecule has 0 aromatic carbocycles. The summed E-state index contributed by atoms with van der Waals surface area (Å²) in [6.45, 7) is 1.56. The van der Waals surface area contributed by atoms with Crippen molar-refractivity contribution >= 4 is 0 Å². The SMILES string of the molecule is OCCCCO.OCCCCO.OCCCCO.OCCCCO.[Ti]. The van der Waals surface area contributed by atoms with E-state index >= 15 is 0 Å². The van der Waals surface area contributed by atoms with E-state index in [0.29, 0.717) is 0 Å². The fourth-order valence-electron chi connectivity index (χ4n) is 0.894. The summed E-state index contributed by atoms with van der Waals surface area (Å²) in [6.07, 6.45) is 5.75. The quantitative estimate of drug-likeness (QED) is 0.151. The number of unbranched alkanes of at least 4 members (excludes halogenated alkanes) is 4. The third kappa shape index (κ3) is 79.6. The standard InChI is InChI=1S/4C4H10O2.Ti/c4*5-3-1-2-4-6;/h4*5-6H,1-4H2;. The molecule has 8 N–H and O–H groups in total. The van der Waals surface area contributed by atoms with E-state index in [0.717, 1.165) is 51.4 Å². The van der Waals surface area contributed by atoms with Crippen LogP contribution in [0.1, 0.15) is 51.4 Å². The molecule has 0 spiro atoms. The summed E-state index contributed by atoms with van der Waals surface area (Å²) < 4.78 is 0. The zero-order valence-corrected chi connectivity index (χ0v) is 17.0. The molecule has 156 valence electrons. The summed E-state index contributed by atoms with van der Waals surface area (Å²) in [4.78, 5) is 0. The molecule has 25 heavy (non-hydrogen) atoms. The van der Waals surface area contributed by atoms with Crippen LogP contribution in [-0.4, -0.2) is 93.7 Å². The first-order valence-electron chi connectivity index (χ1n) is 8.53. The third-order valence-electron chi connectivity index (χ3n) is 2.26. The van der Waals surface area contributed by atoms with Gasteiger partial charge in [0.1, 0.15) is 0 Å². The van der Waals surface area contributed by atoms with Gasteiger partial charge in [0.2, 0.25) is 0 Å². The van der Waals surface area contributed by atoms with E-state index in [1.807, 2.05) is 0 Å². The molecule has 0 heterocycles. The molecule has 0 rings (SSSR count). The largest absolute Gasteiger partial charge is 0.396 e. The average molecular weight is 408 g/mol. The molecular formula is C16H40O8Ti. The zero-order chi connectivity index (χ0) is 19.3. The van der Waals surface area contributed by atoms with Gasteiger partial charge in [0.15, 0.2) is 0 Å². The number of hydrogen-bond donors (Lipinski definition) is 8. The molecule has 0 aromatic rings. The maximum absolute atomic E-state index is 8.09. The zero-order valence-electron chi connectivity index (χ0n) is 15.4. The van der Waals surface area contributed by atoms with Crippen molar-refractivity contribution in [2.24, 2.45) is 0 Å². The first-order chi connectivity index (χ1) is 11.7. The van der Waals surface area contributed by atoms with Crippen molar-refractivity contribution in [2.75, 3.05) is 52.9 Å². The van der Waals surface area contributed by atoms with Crippen LogP contribution in [0, 0.1) is 0 Å². The summed E-state index contributed by atoms with van der Waals surface area (Å²) in [5.74, 6) is 0. The predicted octanol–water partition coefficient (Wildman–Crippen LogP) is -0.998. The molecule has 0 amide bonds. The van der Waals surface area contributed by atoms with Crippen LogP contribution >= 0.6 is 0 Å². The van der Waals surface area contributed by atoms with Crippen molar-refractivity contribution < 1.29 is 62.6 Å². The van der Waals surface area contributed by atoms with Crippen LogP contribution in [-0.2, 0) is 21.7 Å². The Morgan fingerprint density at radius 1 is 0.240 bits per heavy atom. The average Bonchev–Trinajstić information content (AvgIpc) is 2.62. The van der Waals surface area contributed by atoms with Gasteiger partial charge < -0.3 is 40.9 Å². The molecule has 9 heteroatoms. The van der Waals surface area contributed by atoms with Gasteiger partial charge in [-0.05, 0) is 51.4 Å². The number of aliphatic hydroxyl groups is 8. The second-order valence-electron chi connectivity index (χ2n) is 4.62. The number of rotatable bonds is 12. The molecule has 0 aliphatic heterocycles. The summed E-state index contributed by atoms with van der Waals surface area (Å²) in [5.41, 5.74) is 0. The molecule has 8 nitrogen and oxygen atoms in total. The first kappa shape index (κ1) is 36.3. The van der Waals surface area contributed by atoms with Crippen LogP contribution in [0.5, 0.6) is 0 Å². The van der Waals surface area contributed by atoms with Gasteiger partial charge >= 0.3 is 0 Å². The molecule has 0 saturated carbocycles. The monoisotopic (exact) mass is 408 g/mol. The van der Waals surface area contributed by atoms with E-state index in [2.05, 4.69) is 0 Å². The second-order valence-corrected chi connectivity index (χ2v) is 4.62. The summed E-state index contributed by atoms with van der Waals surface area (Å²) in [6, 6.07) is 0. The van der Waals surface area contributed by atoms with Gasteiger partial charge in [0.25, 0.3) is 0 Å². The van der Waals surface area contributed by atoms with Crippen molar-refractivity contribution in [1.29, 1.82) is 0 Å². The van der Waals surface area contributed by atoms with E-state index in [1.165, 1.54) is 0 Å². The minimum absolute atomic E-state index is 0. The van der Waals surface area contributed by atoms with Crippen LogP contribution < -0.4 is 0 Å². The fraction of sp³-hybridized carbons (Fsp3) is 1.00. The van der Waals surface area contributed by atoms with E-state index in [1.54, 1.807) is 0 Å². The van der Waals surface area contributed by atoms with Crippen molar-refractivity contribution in [1.82, 2.24) is 0 Å². The van der Waals surface area contributed by atoms with Crippen molar-refractivity contribution in [3.05, 3.63) is 0 Å². The van der Waals surface area contributed by atoms with E-state index in [9.17, 15) is 0 Å².